The van der Waals surface area contributed by atoms with Crippen molar-refractivity contribution in [2.24, 2.45) is 0 Å². The largest absolute Gasteiger partial charge is 0.394 e. The van der Waals surface area contributed by atoms with Crippen molar-refractivity contribution < 1.29 is 14.9 Å². The van der Waals surface area contributed by atoms with Crippen molar-refractivity contribution in [2.75, 3.05) is 6.61 Å². The van der Waals surface area contributed by atoms with E-state index in [0.29, 0.717) is 6.42 Å². The zero-order valence-corrected chi connectivity index (χ0v) is 12.2. The van der Waals surface area contributed by atoms with Gasteiger partial charge in [-0.05, 0) is 24.1 Å². The molecule has 2 aliphatic rings. The van der Waals surface area contributed by atoms with Gasteiger partial charge >= 0.3 is 0 Å². The molecular weight excluding hydrogens is 274 g/mol. The van der Waals surface area contributed by atoms with Crippen LogP contribution in [0, 0.1) is 6.92 Å². The van der Waals surface area contributed by atoms with E-state index in [9.17, 15) is 5.11 Å². The lowest BCUT2D eigenvalue weighted by Crippen LogP contribution is -2.34. The van der Waals surface area contributed by atoms with Crippen LogP contribution in [0.2, 0.25) is 0 Å². The highest BCUT2D eigenvalue weighted by atomic mass is 32.1. The van der Waals surface area contributed by atoms with Gasteiger partial charge in [-0.3, -0.25) is 0 Å². The Bertz CT molecular complexity index is 534. The Morgan fingerprint density at radius 1 is 1.45 bits per heavy atom. The van der Waals surface area contributed by atoms with E-state index in [-0.39, 0.29) is 18.2 Å². The summed E-state index contributed by atoms with van der Waals surface area (Å²) in [6.45, 7) is 1.90. The molecule has 0 spiro atoms. The minimum absolute atomic E-state index is 0.106. The summed E-state index contributed by atoms with van der Waals surface area (Å²) in [5.74, 6) is 0. The number of ether oxygens (including phenoxy) is 1. The average Bonchev–Trinajstić information content (AvgIpc) is 2.80. The second-order valence-electron chi connectivity index (χ2n) is 5.38. The van der Waals surface area contributed by atoms with Gasteiger partial charge in [0.1, 0.15) is 17.7 Å². The summed E-state index contributed by atoms with van der Waals surface area (Å²) in [5, 5.41) is 18.9. The monoisotopic (exact) mass is 293 g/mol. The van der Waals surface area contributed by atoms with Gasteiger partial charge in [-0.2, -0.15) is 0 Å². The van der Waals surface area contributed by atoms with Crippen LogP contribution >= 0.6 is 12.6 Å². The zero-order valence-electron chi connectivity index (χ0n) is 11.3. The third-order valence-corrected chi connectivity index (χ3v) is 4.49. The van der Waals surface area contributed by atoms with Gasteiger partial charge in [0.15, 0.2) is 0 Å². The summed E-state index contributed by atoms with van der Waals surface area (Å²) >= 11 is 4.68. The summed E-state index contributed by atoms with van der Waals surface area (Å²) in [6.07, 6.45) is 3.09. The Hall–Kier alpha value is -1.01. The minimum Gasteiger partial charge on any atom is -0.394 e. The summed E-state index contributed by atoms with van der Waals surface area (Å²) in [5.41, 5.74) is 3.51. The normalized spacial score (nSPS) is 32.5. The third kappa shape index (κ3) is 2.35. The molecule has 4 atom stereocenters. The summed E-state index contributed by atoms with van der Waals surface area (Å²) in [7, 11) is 0. The first-order chi connectivity index (χ1) is 9.60. The summed E-state index contributed by atoms with van der Waals surface area (Å²) in [4.78, 5) is 1.99. The van der Waals surface area contributed by atoms with E-state index in [1.807, 2.05) is 17.2 Å². The summed E-state index contributed by atoms with van der Waals surface area (Å²) < 4.78 is 5.70. The second-order valence-corrected chi connectivity index (χ2v) is 5.87. The molecule has 2 heterocycles. The number of aryl methyl sites for hydroxylation is 1. The Morgan fingerprint density at radius 3 is 2.95 bits per heavy atom. The summed E-state index contributed by atoms with van der Waals surface area (Å²) in [6, 6.07) is 6.28. The molecule has 4 nitrogen and oxygen atoms in total. The van der Waals surface area contributed by atoms with Crippen molar-refractivity contribution >= 4 is 18.7 Å². The number of fused-ring (bicyclic) bond motifs is 1. The van der Waals surface area contributed by atoms with Crippen molar-refractivity contribution in [1.82, 2.24) is 4.90 Å². The molecule has 0 saturated carbocycles. The van der Waals surface area contributed by atoms with Gasteiger partial charge in [0.05, 0.1) is 12.7 Å². The van der Waals surface area contributed by atoms with Crippen molar-refractivity contribution in [3.05, 3.63) is 41.1 Å². The SMILES string of the molecule is Cc1ccc2c(c1)C=CN([C@H]1CC(O)[C@@H](CO)O1)C2S. The maximum atomic E-state index is 9.85. The van der Waals surface area contributed by atoms with Gasteiger partial charge in [0.2, 0.25) is 0 Å². The van der Waals surface area contributed by atoms with Crippen molar-refractivity contribution in [3.8, 4) is 0 Å². The molecule has 0 aliphatic carbocycles. The smallest absolute Gasteiger partial charge is 0.134 e. The number of thiol groups is 1. The first kappa shape index (κ1) is 13.9. The molecule has 1 fully saturated rings. The molecule has 0 aromatic heterocycles. The molecule has 1 aromatic carbocycles. The molecule has 108 valence electrons. The Labute approximate surface area is 124 Å². The number of aliphatic hydroxyl groups excluding tert-OH is 2. The molecule has 0 bridgehead atoms. The molecule has 1 saturated heterocycles. The van der Waals surface area contributed by atoms with Crippen LogP contribution in [-0.2, 0) is 4.74 Å². The quantitative estimate of drug-likeness (QED) is 0.726. The lowest BCUT2D eigenvalue weighted by molar-refractivity contribution is -0.0672. The lowest BCUT2D eigenvalue weighted by atomic mass is 10.0. The standard InChI is InChI=1S/C15H19NO3S/c1-9-2-3-11-10(6-9)4-5-16(15(11)20)14-7-12(18)13(8-17)19-14/h2-6,12-15,17-18,20H,7-8H2,1H3/t12?,13-,14-,15?/m1/s1. The number of hydrogen-bond acceptors (Lipinski definition) is 5. The second kappa shape index (κ2) is 5.41. The molecule has 0 amide bonds. The molecule has 1 aromatic rings. The number of benzene rings is 1. The average molecular weight is 293 g/mol. The van der Waals surface area contributed by atoms with Crippen LogP contribution in [0.25, 0.3) is 6.08 Å². The van der Waals surface area contributed by atoms with E-state index in [0.717, 1.165) is 5.56 Å². The van der Waals surface area contributed by atoms with E-state index in [1.54, 1.807) is 0 Å². The number of nitrogens with zero attached hydrogens (tertiary/aromatic N) is 1. The predicted octanol–water partition coefficient (Wildman–Crippen LogP) is 1.68. The molecule has 0 radical (unpaired) electrons. The van der Waals surface area contributed by atoms with Gasteiger partial charge < -0.3 is 19.8 Å². The molecular formula is C15H19NO3S. The van der Waals surface area contributed by atoms with Crippen LogP contribution in [0.5, 0.6) is 0 Å². The van der Waals surface area contributed by atoms with Crippen LogP contribution < -0.4 is 0 Å². The fourth-order valence-electron chi connectivity index (χ4n) is 2.80. The molecule has 2 aliphatic heterocycles. The number of aliphatic hydroxyl groups is 2. The molecule has 2 unspecified atom stereocenters. The van der Waals surface area contributed by atoms with Crippen molar-refractivity contribution in [2.45, 2.75) is 37.2 Å². The third-order valence-electron chi connectivity index (χ3n) is 3.95. The highest BCUT2D eigenvalue weighted by molar-refractivity contribution is 7.80. The van der Waals surface area contributed by atoms with Gasteiger partial charge in [-0.25, -0.2) is 0 Å². The molecule has 3 rings (SSSR count). The van der Waals surface area contributed by atoms with Crippen LogP contribution in [0.4, 0.5) is 0 Å². The zero-order chi connectivity index (χ0) is 14.3. The van der Waals surface area contributed by atoms with Gasteiger partial charge in [0, 0.05) is 12.6 Å². The van der Waals surface area contributed by atoms with Gasteiger partial charge in [0.25, 0.3) is 0 Å². The first-order valence-electron chi connectivity index (χ1n) is 6.79. The molecule has 20 heavy (non-hydrogen) atoms. The van der Waals surface area contributed by atoms with E-state index in [4.69, 9.17) is 9.84 Å². The minimum atomic E-state index is -0.627. The van der Waals surface area contributed by atoms with E-state index >= 15 is 0 Å². The lowest BCUT2D eigenvalue weighted by Gasteiger charge is -2.36. The number of hydrogen-bond donors (Lipinski definition) is 3. The fourth-order valence-corrected chi connectivity index (χ4v) is 3.26. The maximum Gasteiger partial charge on any atom is 0.134 e. The first-order valence-corrected chi connectivity index (χ1v) is 7.30. The maximum absolute atomic E-state index is 9.85. The van der Waals surface area contributed by atoms with Crippen molar-refractivity contribution in [1.29, 1.82) is 0 Å². The Balaban J connectivity index is 1.83. The van der Waals surface area contributed by atoms with Crippen LogP contribution in [0.1, 0.15) is 28.5 Å². The highest BCUT2D eigenvalue weighted by Gasteiger charge is 2.38. The van der Waals surface area contributed by atoms with Gasteiger partial charge in [-0.15, -0.1) is 12.6 Å². The highest BCUT2D eigenvalue weighted by Crippen LogP contribution is 2.38. The van der Waals surface area contributed by atoms with E-state index < -0.39 is 12.2 Å². The topological polar surface area (TPSA) is 52.9 Å². The van der Waals surface area contributed by atoms with Crippen LogP contribution in [-0.4, -0.2) is 40.2 Å². The molecule has 2 N–H and O–H groups in total. The molecule has 5 heteroatoms. The Kier molecular flexibility index (Phi) is 3.77. The van der Waals surface area contributed by atoms with Crippen LogP contribution in [0.15, 0.2) is 24.4 Å². The van der Waals surface area contributed by atoms with Crippen molar-refractivity contribution in [3.63, 3.8) is 0 Å². The van der Waals surface area contributed by atoms with Crippen LogP contribution in [0.3, 0.4) is 0 Å². The van der Waals surface area contributed by atoms with E-state index in [1.165, 1.54) is 11.1 Å². The Morgan fingerprint density at radius 2 is 2.25 bits per heavy atom. The fraction of sp³-hybridized carbons (Fsp3) is 0.467. The predicted molar refractivity (Wildman–Crippen MR) is 80.1 cm³/mol. The van der Waals surface area contributed by atoms with Gasteiger partial charge in [-0.1, -0.05) is 23.8 Å². The number of rotatable bonds is 2. The van der Waals surface area contributed by atoms with E-state index in [2.05, 4.69) is 37.8 Å².